The lowest BCUT2D eigenvalue weighted by Gasteiger charge is -2.15. The predicted molar refractivity (Wildman–Crippen MR) is 82.4 cm³/mol. The molecule has 1 atom stereocenters. The molecule has 1 unspecified atom stereocenters. The van der Waals surface area contributed by atoms with Crippen LogP contribution in [0.4, 0.5) is 4.39 Å². The third-order valence-electron chi connectivity index (χ3n) is 3.43. The van der Waals surface area contributed by atoms with Gasteiger partial charge in [-0.2, -0.15) is 0 Å². The summed E-state index contributed by atoms with van der Waals surface area (Å²) in [7, 11) is 1.62. The van der Waals surface area contributed by atoms with Crippen molar-refractivity contribution in [2.75, 3.05) is 13.7 Å². The van der Waals surface area contributed by atoms with E-state index in [0.29, 0.717) is 12.8 Å². The molecule has 4 heteroatoms. The molecule has 0 aliphatic rings. The van der Waals surface area contributed by atoms with Gasteiger partial charge in [0.2, 0.25) is 0 Å². The summed E-state index contributed by atoms with van der Waals surface area (Å²) in [5.41, 5.74) is 1.92. The van der Waals surface area contributed by atoms with E-state index in [1.54, 1.807) is 19.2 Å². The Kier molecular flexibility index (Phi) is 5.59. The first kappa shape index (κ1) is 15.8. The van der Waals surface area contributed by atoms with E-state index in [2.05, 4.69) is 0 Å². The fourth-order valence-electron chi connectivity index (χ4n) is 2.33. The monoisotopic (exact) mass is 308 g/mol. The molecule has 0 saturated carbocycles. The van der Waals surface area contributed by atoms with Crippen LogP contribution < -0.4 is 4.74 Å². The van der Waals surface area contributed by atoms with Gasteiger partial charge in [-0.05, 0) is 54.2 Å². The van der Waals surface area contributed by atoms with Crippen molar-refractivity contribution in [1.82, 2.24) is 0 Å². The van der Waals surface area contributed by atoms with Crippen molar-refractivity contribution < 1.29 is 14.2 Å². The minimum atomic E-state index is -0.424. The van der Waals surface area contributed by atoms with Gasteiger partial charge < -0.3 is 9.84 Å². The first-order valence-corrected chi connectivity index (χ1v) is 7.18. The molecule has 112 valence electrons. The Morgan fingerprint density at radius 3 is 2.48 bits per heavy atom. The van der Waals surface area contributed by atoms with E-state index in [9.17, 15) is 9.50 Å². The van der Waals surface area contributed by atoms with Crippen molar-refractivity contribution in [3.05, 3.63) is 64.4 Å². The SMILES string of the molecule is COc1cccc(CC(CO)Cc2ccc(Cl)c(F)c2)c1. The summed E-state index contributed by atoms with van der Waals surface area (Å²) in [5, 5.41) is 9.67. The molecule has 0 fully saturated rings. The molecule has 0 bridgehead atoms. The maximum absolute atomic E-state index is 13.4. The molecule has 0 aromatic heterocycles. The molecule has 2 nitrogen and oxygen atoms in total. The highest BCUT2D eigenvalue weighted by molar-refractivity contribution is 6.30. The zero-order valence-electron chi connectivity index (χ0n) is 11.9. The molecule has 2 aromatic carbocycles. The van der Waals surface area contributed by atoms with Gasteiger partial charge in [-0.15, -0.1) is 0 Å². The largest absolute Gasteiger partial charge is 0.497 e. The summed E-state index contributed by atoms with van der Waals surface area (Å²) in [5.74, 6) is 0.395. The van der Waals surface area contributed by atoms with Crippen molar-refractivity contribution in [2.45, 2.75) is 12.8 Å². The Morgan fingerprint density at radius 1 is 1.14 bits per heavy atom. The van der Waals surface area contributed by atoms with E-state index >= 15 is 0 Å². The van der Waals surface area contributed by atoms with Gasteiger partial charge in [0.05, 0.1) is 12.1 Å². The van der Waals surface area contributed by atoms with Crippen molar-refractivity contribution >= 4 is 11.6 Å². The molecule has 0 spiro atoms. The first-order chi connectivity index (χ1) is 10.1. The summed E-state index contributed by atoms with van der Waals surface area (Å²) < 4.78 is 18.6. The number of hydrogen-bond acceptors (Lipinski definition) is 2. The molecule has 0 aliphatic heterocycles. The third kappa shape index (κ3) is 4.45. The quantitative estimate of drug-likeness (QED) is 0.877. The van der Waals surface area contributed by atoms with Crippen LogP contribution in [-0.2, 0) is 12.8 Å². The number of hydrogen-bond donors (Lipinski definition) is 1. The predicted octanol–water partition coefficient (Wildman–Crippen LogP) is 3.88. The van der Waals surface area contributed by atoms with Crippen molar-refractivity contribution in [2.24, 2.45) is 5.92 Å². The third-order valence-corrected chi connectivity index (χ3v) is 3.73. The van der Waals surface area contributed by atoms with Crippen molar-refractivity contribution in [3.8, 4) is 5.75 Å². The Labute approximate surface area is 129 Å². The second kappa shape index (κ2) is 7.43. The van der Waals surface area contributed by atoms with Crippen LogP contribution in [0.5, 0.6) is 5.75 Å². The van der Waals surface area contributed by atoms with Crippen LogP contribution in [0.3, 0.4) is 0 Å². The summed E-state index contributed by atoms with van der Waals surface area (Å²) in [6, 6.07) is 12.5. The van der Waals surface area contributed by atoms with E-state index < -0.39 is 5.82 Å². The highest BCUT2D eigenvalue weighted by Gasteiger charge is 2.12. The van der Waals surface area contributed by atoms with Gasteiger partial charge in [0.15, 0.2) is 0 Å². The van der Waals surface area contributed by atoms with Gasteiger partial charge in [-0.25, -0.2) is 4.39 Å². The van der Waals surface area contributed by atoms with Gasteiger partial charge >= 0.3 is 0 Å². The molecule has 0 radical (unpaired) electrons. The number of halogens is 2. The zero-order valence-corrected chi connectivity index (χ0v) is 12.6. The Morgan fingerprint density at radius 2 is 1.86 bits per heavy atom. The smallest absolute Gasteiger partial charge is 0.142 e. The van der Waals surface area contributed by atoms with E-state index in [0.717, 1.165) is 16.9 Å². The normalized spacial score (nSPS) is 12.2. The van der Waals surface area contributed by atoms with Crippen LogP contribution >= 0.6 is 11.6 Å². The Balaban J connectivity index is 2.07. The van der Waals surface area contributed by atoms with Crippen LogP contribution in [0.2, 0.25) is 5.02 Å². The Hall–Kier alpha value is -1.58. The number of aliphatic hydroxyl groups is 1. The Bertz CT molecular complexity index is 601. The maximum atomic E-state index is 13.4. The minimum Gasteiger partial charge on any atom is -0.497 e. The fraction of sp³-hybridized carbons (Fsp3) is 0.294. The highest BCUT2D eigenvalue weighted by atomic mass is 35.5. The molecule has 2 rings (SSSR count). The van der Waals surface area contributed by atoms with Crippen LogP contribution in [0, 0.1) is 11.7 Å². The zero-order chi connectivity index (χ0) is 15.2. The lowest BCUT2D eigenvalue weighted by molar-refractivity contribution is 0.225. The molecule has 2 aromatic rings. The number of aliphatic hydroxyl groups excluding tert-OH is 1. The second-order valence-corrected chi connectivity index (χ2v) is 5.46. The van der Waals surface area contributed by atoms with Crippen LogP contribution in [0.25, 0.3) is 0 Å². The van der Waals surface area contributed by atoms with Gasteiger partial charge in [-0.3, -0.25) is 0 Å². The summed E-state index contributed by atoms with van der Waals surface area (Å²) >= 11 is 5.68. The van der Waals surface area contributed by atoms with Gasteiger partial charge in [0.1, 0.15) is 11.6 Å². The fourth-order valence-corrected chi connectivity index (χ4v) is 2.45. The lowest BCUT2D eigenvalue weighted by atomic mass is 9.93. The summed E-state index contributed by atoms with van der Waals surface area (Å²) in [6.45, 7) is 0.0431. The van der Waals surface area contributed by atoms with E-state index in [4.69, 9.17) is 16.3 Å². The average molecular weight is 309 g/mol. The van der Waals surface area contributed by atoms with Crippen LogP contribution in [-0.4, -0.2) is 18.8 Å². The number of benzene rings is 2. The van der Waals surface area contributed by atoms with Gasteiger partial charge in [0, 0.05) is 6.61 Å². The summed E-state index contributed by atoms with van der Waals surface area (Å²) in [4.78, 5) is 0. The molecule has 21 heavy (non-hydrogen) atoms. The molecule has 0 aliphatic carbocycles. The average Bonchev–Trinajstić information content (AvgIpc) is 2.50. The highest BCUT2D eigenvalue weighted by Crippen LogP contribution is 2.21. The van der Waals surface area contributed by atoms with Crippen LogP contribution in [0.15, 0.2) is 42.5 Å². The molecular weight excluding hydrogens is 291 g/mol. The van der Waals surface area contributed by atoms with E-state index in [1.165, 1.54) is 6.07 Å². The molecule has 1 N–H and O–H groups in total. The van der Waals surface area contributed by atoms with E-state index in [1.807, 2.05) is 24.3 Å². The number of ether oxygens (including phenoxy) is 1. The van der Waals surface area contributed by atoms with Crippen LogP contribution in [0.1, 0.15) is 11.1 Å². The molecule has 0 heterocycles. The van der Waals surface area contributed by atoms with Gasteiger partial charge in [-0.1, -0.05) is 29.8 Å². The van der Waals surface area contributed by atoms with Gasteiger partial charge in [0.25, 0.3) is 0 Å². The van der Waals surface area contributed by atoms with E-state index in [-0.39, 0.29) is 17.5 Å². The molecule has 0 saturated heterocycles. The minimum absolute atomic E-state index is 0.0256. The lowest BCUT2D eigenvalue weighted by Crippen LogP contribution is -2.13. The number of rotatable bonds is 6. The van der Waals surface area contributed by atoms with Crippen molar-refractivity contribution in [1.29, 1.82) is 0 Å². The summed E-state index contributed by atoms with van der Waals surface area (Å²) in [6.07, 6.45) is 1.31. The molecule has 0 amide bonds. The van der Waals surface area contributed by atoms with Crippen molar-refractivity contribution in [3.63, 3.8) is 0 Å². The first-order valence-electron chi connectivity index (χ1n) is 6.80. The second-order valence-electron chi connectivity index (χ2n) is 5.06. The topological polar surface area (TPSA) is 29.5 Å². The maximum Gasteiger partial charge on any atom is 0.142 e. The standard InChI is InChI=1S/C17H18ClFO2/c1-21-15-4-2-3-12(9-15)7-14(11-20)8-13-5-6-16(18)17(19)10-13/h2-6,9-10,14,20H,7-8,11H2,1H3. The molecular formula is C17H18ClFO2. The number of methoxy groups -OCH3 is 1.